The van der Waals surface area contributed by atoms with Crippen molar-refractivity contribution >= 4 is 5.69 Å². The molecule has 78 valence electrons. The van der Waals surface area contributed by atoms with Crippen molar-refractivity contribution in [1.82, 2.24) is 10.2 Å². The fraction of sp³-hybridized carbons (Fsp3) is 0.400. The van der Waals surface area contributed by atoms with Crippen LogP contribution in [-0.4, -0.2) is 27.9 Å². The second kappa shape index (κ2) is 3.94. The van der Waals surface area contributed by atoms with Gasteiger partial charge in [-0.25, -0.2) is 13.9 Å². The van der Waals surface area contributed by atoms with E-state index < -0.39 is 29.3 Å². The molecule has 1 heterocycles. The summed E-state index contributed by atoms with van der Waals surface area (Å²) in [4.78, 5) is 9.26. The summed E-state index contributed by atoms with van der Waals surface area (Å²) in [6.07, 6.45) is -5.57. The number of hydrogen-bond acceptors (Lipinski definition) is 4. The Morgan fingerprint density at radius 2 is 2.21 bits per heavy atom. The maximum atomic E-state index is 12.3. The van der Waals surface area contributed by atoms with E-state index in [-0.39, 0.29) is 0 Å². The highest BCUT2D eigenvalue weighted by Crippen LogP contribution is 2.25. The Bertz CT molecular complexity index is 329. The summed E-state index contributed by atoms with van der Waals surface area (Å²) in [5.41, 5.74) is -0.701. The quantitative estimate of drug-likeness (QED) is 0.600. The number of nitro groups is 1. The van der Waals surface area contributed by atoms with Gasteiger partial charge in [0, 0.05) is 0 Å². The molecule has 0 bridgehead atoms. The van der Waals surface area contributed by atoms with Gasteiger partial charge in [0.05, 0.1) is 4.92 Å². The van der Waals surface area contributed by atoms with E-state index in [1.165, 1.54) is 0 Å². The first kappa shape index (κ1) is 10.3. The molecule has 0 spiro atoms. The van der Waals surface area contributed by atoms with Crippen LogP contribution in [0, 0.1) is 10.1 Å². The summed E-state index contributed by atoms with van der Waals surface area (Å²) < 4.78 is 39.5. The molecule has 0 aliphatic rings. The molecular formula is C5H4F3N3O3. The van der Waals surface area contributed by atoms with Crippen LogP contribution in [0.15, 0.2) is 6.20 Å². The molecule has 0 saturated carbocycles. The van der Waals surface area contributed by atoms with Gasteiger partial charge in [-0.3, -0.25) is 10.1 Å². The molecule has 0 amide bonds. The van der Waals surface area contributed by atoms with Crippen LogP contribution in [0.2, 0.25) is 0 Å². The van der Waals surface area contributed by atoms with E-state index in [1.807, 2.05) is 5.10 Å². The largest absolute Gasteiger partial charge is 0.432 e. The van der Waals surface area contributed by atoms with E-state index in [2.05, 4.69) is 9.84 Å². The maximum absolute atomic E-state index is 12.3. The van der Waals surface area contributed by atoms with Gasteiger partial charge in [0.25, 0.3) is 12.2 Å². The van der Waals surface area contributed by atoms with Crippen molar-refractivity contribution in [3.8, 4) is 5.88 Å². The number of nitrogens with zero attached hydrogens (tertiary/aromatic N) is 2. The molecule has 9 heteroatoms. The van der Waals surface area contributed by atoms with Crippen LogP contribution in [0.25, 0.3) is 0 Å². The number of aromatic amines is 1. The Labute approximate surface area is 74.8 Å². The van der Waals surface area contributed by atoms with Crippen molar-refractivity contribution in [2.75, 3.05) is 0 Å². The highest BCUT2D eigenvalue weighted by atomic mass is 19.3. The van der Waals surface area contributed by atoms with E-state index in [0.29, 0.717) is 0 Å². The van der Waals surface area contributed by atoms with Gasteiger partial charge in [-0.2, -0.15) is 9.49 Å². The fourth-order valence-electron chi connectivity index (χ4n) is 0.649. The van der Waals surface area contributed by atoms with Crippen molar-refractivity contribution in [3.05, 3.63) is 16.3 Å². The molecule has 0 radical (unpaired) electrons. The molecule has 1 aromatic heterocycles. The predicted molar refractivity (Wildman–Crippen MR) is 36.8 cm³/mol. The van der Waals surface area contributed by atoms with E-state index in [1.54, 1.807) is 0 Å². The van der Waals surface area contributed by atoms with Crippen molar-refractivity contribution in [1.29, 1.82) is 0 Å². The number of hydrogen-bond donors (Lipinski definition) is 1. The van der Waals surface area contributed by atoms with Gasteiger partial charge in [-0.1, -0.05) is 0 Å². The van der Waals surface area contributed by atoms with Crippen LogP contribution in [-0.2, 0) is 0 Å². The molecule has 1 aromatic rings. The molecule has 14 heavy (non-hydrogen) atoms. The van der Waals surface area contributed by atoms with Crippen LogP contribution < -0.4 is 4.74 Å². The lowest BCUT2D eigenvalue weighted by molar-refractivity contribution is -0.386. The normalized spacial score (nSPS) is 12.9. The molecule has 0 fully saturated rings. The van der Waals surface area contributed by atoms with Gasteiger partial charge in [-0.05, 0) is 0 Å². The van der Waals surface area contributed by atoms with E-state index in [0.717, 1.165) is 6.20 Å². The second-order valence-electron chi connectivity index (χ2n) is 2.14. The average molecular weight is 211 g/mol. The zero-order chi connectivity index (χ0) is 10.7. The lowest BCUT2D eigenvalue weighted by Gasteiger charge is -2.06. The Morgan fingerprint density at radius 3 is 2.71 bits per heavy atom. The predicted octanol–water partition coefficient (Wildman–Crippen LogP) is 1.26. The first-order chi connectivity index (χ1) is 6.52. The van der Waals surface area contributed by atoms with Crippen LogP contribution in [0.4, 0.5) is 18.9 Å². The van der Waals surface area contributed by atoms with E-state index >= 15 is 0 Å². The summed E-state index contributed by atoms with van der Waals surface area (Å²) in [7, 11) is 0. The number of aromatic nitrogens is 2. The monoisotopic (exact) mass is 211 g/mol. The minimum Gasteiger partial charge on any atom is -0.432 e. The zero-order valence-electron chi connectivity index (χ0n) is 6.49. The highest BCUT2D eigenvalue weighted by molar-refractivity contribution is 5.37. The van der Waals surface area contributed by atoms with Gasteiger partial charge in [0.15, 0.2) is 0 Å². The molecule has 0 saturated heterocycles. The van der Waals surface area contributed by atoms with Crippen molar-refractivity contribution in [3.63, 3.8) is 0 Å². The fourth-order valence-corrected chi connectivity index (χ4v) is 0.649. The molecule has 6 nitrogen and oxygen atoms in total. The standard InChI is InChI=1S/C5H4F3N3O3/c6-3(7)4(8)14-5-2(11(12)13)1-9-10-5/h1,3-4H,(H,9,10). The van der Waals surface area contributed by atoms with E-state index in [4.69, 9.17) is 0 Å². The SMILES string of the molecule is O=[N+]([O-])c1cn[nH]c1OC(F)C(F)F. The third-order valence-electron chi connectivity index (χ3n) is 1.21. The molecule has 1 N–H and O–H groups in total. The number of ether oxygens (including phenoxy) is 1. The second-order valence-corrected chi connectivity index (χ2v) is 2.14. The third-order valence-corrected chi connectivity index (χ3v) is 1.21. The van der Waals surface area contributed by atoms with Gasteiger partial charge in [0.2, 0.25) is 0 Å². The number of rotatable bonds is 4. The highest BCUT2D eigenvalue weighted by Gasteiger charge is 2.26. The van der Waals surface area contributed by atoms with Crippen molar-refractivity contribution < 1.29 is 22.8 Å². The summed E-state index contributed by atoms with van der Waals surface area (Å²) in [6.45, 7) is 0. The van der Waals surface area contributed by atoms with Crippen LogP contribution >= 0.6 is 0 Å². The number of alkyl halides is 3. The Morgan fingerprint density at radius 1 is 1.57 bits per heavy atom. The van der Waals surface area contributed by atoms with Gasteiger partial charge in [0.1, 0.15) is 6.20 Å². The Kier molecular flexibility index (Phi) is 2.89. The van der Waals surface area contributed by atoms with Crippen LogP contribution in [0.1, 0.15) is 0 Å². The summed E-state index contributed by atoms with van der Waals surface area (Å²) in [6, 6.07) is 0. The summed E-state index contributed by atoms with van der Waals surface area (Å²) in [5, 5.41) is 15.2. The molecule has 0 aliphatic heterocycles. The smallest absolute Gasteiger partial charge is 0.350 e. The molecule has 0 aliphatic carbocycles. The van der Waals surface area contributed by atoms with Gasteiger partial charge < -0.3 is 4.74 Å². The molecule has 1 rings (SSSR count). The van der Waals surface area contributed by atoms with Gasteiger partial charge >= 0.3 is 12.1 Å². The molecule has 0 aromatic carbocycles. The first-order valence-corrected chi connectivity index (χ1v) is 3.29. The number of halogens is 3. The van der Waals surface area contributed by atoms with Crippen LogP contribution in [0.3, 0.4) is 0 Å². The first-order valence-electron chi connectivity index (χ1n) is 3.29. The summed E-state index contributed by atoms with van der Waals surface area (Å²) >= 11 is 0. The number of H-pyrrole nitrogens is 1. The van der Waals surface area contributed by atoms with Crippen molar-refractivity contribution in [2.45, 2.75) is 12.8 Å². The number of nitrogens with one attached hydrogen (secondary N) is 1. The van der Waals surface area contributed by atoms with Gasteiger partial charge in [-0.15, -0.1) is 0 Å². The third kappa shape index (κ3) is 2.12. The lowest BCUT2D eigenvalue weighted by atomic mass is 10.5. The minimum absolute atomic E-state index is 0.701. The Balaban J connectivity index is 2.76. The maximum Gasteiger partial charge on any atom is 0.350 e. The zero-order valence-corrected chi connectivity index (χ0v) is 6.49. The van der Waals surface area contributed by atoms with Crippen molar-refractivity contribution in [2.24, 2.45) is 0 Å². The van der Waals surface area contributed by atoms with Crippen LogP contribution in [0.5, 0.6) is 5.88 Å². The Hall–Kier alpha value is -1.80. The molecule has 1 atom stereocenters. The molecule has 1 unspecified atom stereocenters. The topological polar surface area (TPSA) is 81.0 Å². The molecular weight excluding hydrogens is 207 g/mol. The average Bonchev–Trinajstić information content (AvgIpc) is 2.52. The minimum atomic E-state index is -3.38. The lowest BCUT2D eigenvalue weighted by Crippen LogP contribution is -2.20. The summed E-state index contributed by atoms with van der Waals surface area (Å²) in [5.74, 6) is -0.734. The van der Waals surface area contributed by atoms with E-state index in [9.17, 15) is 23.3 Å².